The number of ether oxygens (including phenoxy) is 2. The first kappa shape index (κ1) is 31.2. The third-order valence-corrected chi connectivity index (χ3v) is 8.20. The van der Waals surface area contributed by atoms with Crippen LogP contribution in [0.2, 0.25) is 0 Å². The minimum Gasteiger partial charge on any atom is -0.489 e. The number of aliphatic carboxylic acids is 1. The molecular formula is C31H36F3N3O5. The van der Waals surface area contributed by atoms with Gasteiger partial charge in [-0.25, -0.2) is 4.79 Å². The lowest BCUT2D eigenvalue weighted by molar-refractivity contribution is -0.199. The summed E-state index contributed by atoms with van der Waals surface area (Å²) in [7, 11) is 0. The van der Waals surface area contributed by atoms with Crippen LogP contribution in [0.3, 0.4) is 0 Å². The van der Waals surface area contributed by atoms with Crippen molar-refractivity contribution in [1.82, 2.24) is 4.90 Å². The maximum absolute atomic E-state index is 13.5. The lowest BCUT2D eigenvalue weighted by atomic mass is 9.49. The van der Waals surface area contributed by atoms with E-state index in [2.05, 4.69) is 5.32 Å². The van der Waals surface area contributed by atoms with Crippen LogP contribution >= 0.6 is 0 Å². The molecule has 0 bridgehead atoms. The second-order valence-corrected chi connectivity index (χ2v) is 12.1. The predicted molar refractivity (Wildman–Crippen MR) is 149 cm³/mol. The Hall–Kier alpha value is -3.78. The topological polar surface area (TPSA) is 112 Å². The zero-order valence-electron chi connectivity index (χ0n) is 24.2. The van der Waals surface area contributed by atoms with E-state index in [0.717, 1.165) is 49.2 Å². The molecule has 226 valence electrons. The summed E-state index contributed by atoms with van der Waals surface area (Å²) in [6.45, 7) is 9.09. The van der Waals surface area contributed by atoms with Crippen molar-refractivity contribution in [2.45, 2.75) is 71.8 Å². The van der Waals surface area contributed by atoms with E-state index in [-0.39, 0.29) is 24.3 Å². The van der Waals surface area contributed by atoms with E-state index in [4.69, 9.17) is 19.8 Å². The molecule has 0 aromatic heterocycles. The van der Waals surface area contributed by atoms with Crippen molar-refractivity contribution >= 4 is 17.6 Å². The van der Waals surface area contributed by atoms with Gasteiger partial charge in [-0.2, -0.15) is 18.4 Å². The first-order valence-corrected chi connectivity index (χ1v) is 13.9. The number of alkyl halides is 3. The second-order valence-electron chi connectivity index (χ2n) is 12.1. The number of nitriles is 1. The van der Waals surface area contributed by atoms with Crippen molar-refractivity contribution in [1.29, 1.82) is 5.26 Å². The van der Waals surface area contributed by atoms with E-state index in [1.807, 2.05) is 50.8 Å². The van der Waals surface area contributed by atoms with Gasteiger partial charge in [0, 0.05) is 47.8 Å². The normalized spacial score (nSPS) is 20.4. The number of carbonyl (C=O) groups is 2. The molecular weight excluding hydrogens is 551 g/mol. The van der Waals surface area contributed by atoms with Crippen LogP contribution in [-0.4, -0.2) is 53.8 Å². The Morgan fingerprint density at radius 3 is 2.48 bits per heavy atom. The van der Waals surface area contributed by atoms with Crippen LogP contribution in [-0.2, 0) is 22.3 Å². The lowest BCUT2D eigenvalue weighted by Crippen LogP contribution is -2.74. The number of nitrogens with zero attached hydrogens (tertiary/aromatic N) is 2. The largest absolute Gasteiger partial charge is 0.489 e. The van der Waals surface area contributed by atoms with Crippen LogP contribution in [0.1, 0.15) is 74.0 Å². The Morgan fingerprint density at radius 1 is 1.12 bits per heavy atom. The van der Waals surface area contributed by atoms with Crippen molar-refractivity contribution in [3.05, 3.63) is 58.7 Å². The van der Waals surface area contributed by atoms with Gasteiger partial charge in [0.05, 0.1) is 17.2 Å². The molecule has 2 aliphatic rings. The van der Waals surface area contributed by atoms with E-state index < -0.39 is 40.2 Å². The Morgan fingerprint density at radius 2 is 1.83 bits per heavy atom. The van der Waals surface area contributed by atoms with Gasteiger partial charge in [-0.15, -0.1) is 0 Å². The summed E-state index contributed by atoms with van der Waals surface area (Å²) in [6, 6.07) is 10.4. The molecule has 11 heteroatoms. The van der Waals surface area contributed by atoms with E-state index in [0.29, 0.717) is 18.7 Å². The number of nitrogens with one attached hydrogen (secondary N) is 1. The average molecular weight is 588 g/mol. The van der Waals surface area contributed by atoms with Gasteiger partial charge in [-0.1, -0.05) is 27.7 Å². The van der Waals surface area contributed by atoms with E-state index in [1.54, 1.807) is 6.07 Å². The summed E-state index contributed by atoms with van der Waals surface area (Å²) in [4.78, 5) is 25.8. The third kappa shape index (κ3) is 6.19. The monoisotopic (exact) mass is 587 g/mol. The molecule has 4 rings (SSSR count). The number of carboxylic acid groups (broad SMARTS) is 1. The number of unbranched alkanes of at least 4 members (excludes halogenated alkanes) is 2. The quantitative estimate of drug-likeness (QED) is 0.289. The molecule has 0 saturated heterocycles. The number of hydrogen-bond donors (Lipinski definition) is 2. The van der Waals surface area contributed by atoms with Gasteiger partial charge in [0.2, 0.25) is 0 Å². The lowest BCUT2D eigenvalue weighted by Gasteiger charge is -2.65. The standard InChI is InChI=1S/C31H36F3N3O5/c1-29(2)27(30(3,4)28(29)42-22-10-8-19(16-35)24(15-22)31(32,33)34)37-17-20-14-21(9-11-23(20)26(37)40)36-12-6-5-7-13-41-18-25(38)39/h8-11,14-15,27-28,36H,5-7,12-13,17-18H2,1-4H3,(H,38,39)/t27-,28-. The molecule has 1 aliphatic heterocycles. The summed E-state index contributed by atoms with van der Waals surface area (Å²) >= 11 is 0. The first-order valence-electron chi connectivity index (χ1n) is 13.9. The first-order chi connectivity index (χ1) is 19.7. The van der Waals surface area contributed by atoms with E-state index in [1.165, 1.54) is 6.07 Å². The molecule has 2 aromatic carbocycles. The van der Waals surface area contributed by atoms with Gasteiger partial charge in [-0.05, 0) is 61.2 Å². The molecule has 2 N–H and O–H groups in total. The molecule has 1 amide bonds. The predicted octanol–water partition coefficient (Wildman–Crippen LogP) is 6.10. The summed E-state index contributed by atoms with van der Waals surface area (Å²) in [5.41, 5.74) is -0.185. The molecule has 42 heavy (non-hydrogen) atoms. The van der Waals surface area contributed by atoms with Gasteiger partial charge >= 0.3 is 12.1 Å². The number of carboxylic acids is 1. The zero-order valence-corrected chi connectivity index (χ0v) is 24.2. The van der Waals surface area contributed by atoms with Gasteiger partial charge < -0.3 is 24.8 Å². The van der Waals surface area contributed by atoms with Gasteiger partial charge in [0.1, 0.15) is 18.5 Å². The number of carbonyl (C=O) groups excluding carboxylic acids is 1. The number of amides is 1. The number of benzene rings is 2. The highest BCUT2D eigenvalue weighted by Crippen LogP contribution is 2.59. The molecule has 1 fully saturated rings. The smallest absolute Gasteiger partial charge is 0.417 e. The summed E-state index contributed by atoms with van der Waals surface area (Å²) in [5, 5.41) is 21.1. The van der Waals surface area contributed by atoms with Crippen LogP contribution < -0.4 is 10.1 Å². The van der Waals surface area contributed by atoms with Crippen molar-refractivity contribution in [3.63, 3.8) is 0 Å². The van der Waals surface area contributed by atoms with Crippen molar-refractivity contribution in [2.24, 2.45) is 10.8 Å². The fourth-order valence-corrected chi connectivity index (χ4v) is 6.84. The molecule has 1 aliphatic carbocycles. The van der Waals surface area contributed by atoms with E-state index >= 15 is 0 Å². The van der Waals surface area contributed by atoms with Crippen molar-refractivity contribution in [2.75, 3.05) is 25.1 Å². The van der Waals surface area contributed by atoms with Crippen molar-refractivity contribution < 1.29 is 37.3 Å². The Bertz CT molecular complexity index is 1370. The van der Waals surface area contributed by atoms with Crippen LogP contribution in [0.25, 0.3) is 0 Å². The number of hydrogen-bond acceptors (Lipinski definition) is 6. The highest BCUT2D eigenvalue weighted by atomic mass is 19.4. The third-order valence-electron chi connectivity index (χ3n) is 8.20. The molecule has 1 heterocycles. The molecule has 0 spiro atoms. The van der Waals surface area contributed by atoms with Crippen molar-refractivity contribution in [3.8, 4) is 11.8 Å². The van der Waals surface area contributed by atoms with Crippen LogP contribution in [0, 0.1) is 22.2 Å². The van der Waals surface area contributed by atoms with Gasteiger partial charge in [0.15, 0.2) is 0 Å². The second kappa shape index (κ2) is 11.8. The Kier molecular flexibility index (Phi) is 8.78. The van der Waals surface area contributed by atoms with Gasteiger partial charge in [0.25, 0.3) is 5.91 Å². The zero-order chi connectivity index (χ0) is 30.9. The number of anilines is 1. The van der Waals surface area contributed by atoms with Crippen LogP contribution in [0.15, 0.2) is 36.4 Å². The van der Waals surface area contributed by atoms with Crippen LogP contribution in [0.4, 0.5) is 18.9 Å². The highest BCUT2D eigenvalue weighted by Gasteiger charge is 2.67. The molecule has 0 unspecified atom stereocenters. The average Bonchev–Trinajstić information content (AvgIpc) is 3.21. The fraction of sp³-hybridized carbons (Fsp3) is 0.516. The minimum absolute atomic E-state index is 0.0328. The number of halogens is 3. The number of fused-ring (bicyclic) bond motifs is 1. The fourth-order valence-electron chi connectivity index (χ4n) is 6.84. The molecule has 0 atom stereocenters. The minimum atomic E-state index is -4.68. The summed E-state index contributed by atoms with van der Waals surface area (Å²) < 4.78 is 51.7. The Labute approximate surface area is 243 Å². The summed E-state index contributed by atoms with van der Waals surface area (Å²) in [5.74, 6) is -1.03. The molecule has 0 radical (unpaired) electrons. The van der Waals surface area contributed by atoms with Crippen LogP contribution in [0.5, 0.6) is 5.75 Å². The molecule has 1 saturated carbocycles. The van der Waals surface area contributed by atoms with Gasteiger partial charge in [-0.3, -0.25) is 4.79 Å². The maximum Gasteiger partial charge on any atom is 0.417 e. The maximum atomic E-state index is 13.5. The number of rotatable bonds is 12. The SMILES string of the molecule is CC1(C)[C@H](Oc2ccc(C#N)c(C(F)(F)F)c2)C(C)(C)[C@H]1N1Cc2cc(NCCCCCOCC(=O)O)ccc2C1=O. The summed E-state index contributed by atoms with van der Waals surface area (Å²) in [6.07, 6.45) is -2.62. The molecule has 2 aromatic rings. The van der Waals surface area contributed by atoms with E-state index in [9.17, 15) is 22.8 Å². The molecule has 8 nitrogen and oxygen atoms in total. The Balaban J connectivity index is 1.39. The highest BCUT2D eigenvalue weighted by molar-refractivity contribution is 5.99.